The Balaban J connectivity index is 1.67. The number of sulfonamides is 1. The van der Waals surface area contributed by atoms with Crippen LogP contribution in [0, 0.1) is 13.8 Å². The van der Waals surface area contributed by atoms with Crippen LogP contribution in [0.1, 0.15) is 22.7 Å². The van der Waals surface area contributed by atoms with Crippen molar-refractivity contribution in [1.29, 1.82) is 0 Å². The SMILES string of the molecule is Cc1ccc(S(=O)(=O)N[C@H](C(=O)Oc2ccc3c(C)c(Cl)c(=O)oc3c2)c2ccccc2)cc1. The summed E-state index contributed by atoms with van der Waals surface area (Å²) < 4.78 is 39.1. The van der Waals surface area contributed by atoms with Gasteiger partial charge in [0.25, 0.3) is 0 Å². The lowest BCUT2D eigenvalue weighted by Gasteiger charge is -2.18. The third-order valence-electron chi connectivity index (χ3n) is 5.26. The van der Waals surface area contributed by atoms with Crippen molar-refractivity contribution < 1.29 is 22.4 Å². The summed E-state index contributed by atoms with van der Waals surface area (Å²) in [4.78, 5) is 25.1. The maximum atomic E-state index is 13.1. The van der Waals surface area contributed by atoms with Gasteiger partial charge in [-0.25, -0.2) is 18.0 Å². The number of carbonyl (C=O) groups is 1. The molecule has 0 fully saturated rings. The van der Waals surface area contributed by atoms with Crippen LogP contribution in [0.2, 0.25) is 5.02 Å². The largest absolute Gasteiger partial charge is 0.425 e. The van der Waals surface area contributed by atoms with Crippen LogP contribution in [0.4, 0.5) is 0 Å². The highest BCUT2D eigenvalue weighted by Crippen LogP contribution is 2.27. The first kappa shape index (κ1) is 23.7. The van der Waals surface area contributed by atoms with E-state index in [4.69, 9.17) is 20.8 Å². The number of halogens is 1. The van der Waals surface area contributed by atoms with Crippen LogP contribution in [0.5, 0.6) is 5.75 Å². The van der Waals surface area contributed by atoms with Gasteiger partial charge in [-0.15, -0.1) is 0 Å². The van der Waals surface area contributed by atoms with Gasteiger partial charge < -0.3 is 9.15 Å². The molecule has 0 aliphatic heterocycles. The summed E-state index contributed by atoms with van der Waals surface area (Å²) in [6, 6.07) is 17.8. The van der Waals surface area contributed by atoms with E-state index in [1.54, 1.807) is 55.5 Å². The molecule has 0 unspecified atom stereocenters. The van der Waals surface area contributed by atoms with E-state index < -0.39 is 27.7 Å². The van der Waals surface area contributed by atoms with E-state index in [0.717, 1.165) is 5.56 Å². The van der Waals surface area contributed by atoms with Gasteiger partial charge >= 0.3 is 11.6 Å². The Morgan fingerprint density at radius 2 is 1.68 bits per heavy atom. The summed E-state index contributed by atoms with van der Waals surface area (Å²) in [5.74, 6) is -0.771. The van der Waals surface area contributed by atoms with Gasteiger partial charge in [0.1, 0.15) is 22.4 Å². The maximum Gasteiger partial charge on any atom is 0.355 e. The van der Waals surface area contributed by atoms with Crippen LogP contribution in [-0.2, 0) is 14.8 Å². The molecule has 174 valence electrons. The number of esters is 1. The molecular formula is C25H20ClNO6S. The van der Waals surface area contributed by atoms with E-state index in [1.165, 1.54) is 24.3 Å². The molecule has 0 spiro atoms. The summed E-state index contributed by atoms with van der Waals surface area (Å²) in [7, 11) is -4.04. The van der Waals surface area contributed by atoms with Crippen LogP contribution in [0.25, 0.3) is 11.0 Å². The van der Waals surface area contributed by atoms with Crippen molar-refractivity contribution in [3.63, 3.8) is 0 Å². The number of fused-ring (bicyclic) bond motifs is 1. The van der Waals surface area contributed by atoms with Crippen molar-refractivity contribution in [2.75, 3.05) is 0 Å². The van der Waals surface area contributed by atoms with Gasteiger partial charge in [-0.2, -0.15) is 4.72 Å². The fourth-order valence-corrected chi connectivity index (χ4v) is 4.70. The average Bonchev–Trinajstić information content (AvgIpc) is 2.82. The van der Waals surface area contributed by atoms with E-state index >= 15 is 0 Å². The first-order valence-corrected chi connectivity index (χ1v) is 12.1. The van der Waals surface area contributed by atoms with Gasteiger partial charge in [0.05, 0.1) is 4.90 Å². The molecule has 0 bridgehead atoms. The second kappa shape index (κ2) is 9.42. The summed E-state index contributed by atoms with van der Waals surface area (Å²) >= 11 is 5.95. The molecular weight excluding hydrogens is 478 g/mol. The van der Waals surface area contributed by atoms with Crippen LogP contribution in [-0.4, -0.2) is 14.4 Å². The minimum atomic E-state index is -4.04. The van der Waals surface area contributed by atoms with Crippen LogP contribution in [0.3, 0.4) is 0 Å². The van der Waals surface area contributed by atoms with E-state index in [9.17, 15) is 18.0 Å². The van der Waals surface area contributed by atoms with Gasteiger partial charge in [-0.3, -0.25) is 0 Å². The van der Waals surface area contributed by atoms with Crippen LogP contribution < -0.4 is 15.1 Å². The minimum absolute atomic E-state index is 0.0201. The minimum Gasteiger partial charge on any atom is -0.425 e. The van der Waals surface area contributed by atoms with E-state index in [0.29, 0.717) is 16.5 Å². The molecule has 1 N–H and O–H groups in total. The van der Waals surface area contributed by atoms with Crippen molar-refractivity contribution in [3.8, 4) is 5.75 Å². The summed E-state index contributed by atoms with van der Waals surface area (Å²) in [5.41, 5.74) is 1.33. The highest BCUT2D eigenvalue weighted by Gasteiger charge is 2.29. The number of aryl methyl sites for hydroxylation is 2. The summed E-state index contributed by atoms with van der Waals surface area (Å²) in [5, 5.41) is 0.566. The zero-order chi connectivity index (χ0) is 24.5. The Morgan fingerprint density at radius 1 is 1.00 bits per heavy atom. The monoisotopic (exact) mass is 497 g/mol. The number of hydrogen-bond donors (Lipinski definition) is 1. The molecule has 34 heavy (non-hydrogen) atoms. The van der Waals surface area contributed by atoms with Crippen molar-refractivity contribution in [3.05, 3.63) is 105 Å². The first-order chi connectivity index (χ1) is 16.2. The molecule has 0 saturated carbocycles. The van der Waals surface area contributed by atoms with Gasteiger partial charge in [-0.05, 0) is 49.2 Å². The molecule has 1 heterocycles. The number of rotatable bonds is 6. The smallest absolute Gasteiger partial charge is 0.355 e. The molecule has 0 aliphatic carbocycles. The topological polar surface area (TPSA) is 103 Å². The predicted molar refractivity (Wildman–Crippen MR) is 129 cm³/mol. The molecule has 0 amide bonds. The Hall–Kier alpha value is -3.46. The second-order valence-electron chi connectivity index (χ2n) is 7.69. The molecule has 4 rings (SSSR count). The van der Waals surface area contributed by atoms with Gasteiger partial charge in [0, 0.05) is 11.5 Å². The highest BCUT2D eigenvalue weighted by molar-refractivity contribution is 7.89. The third-order valence-corrected chi connectivity index (χ3v) is 7.14. The molecule has 9 heteroatoms. The lowest BCUT2D eigenvalue weighted by atomic mass is 10.1. The standard InChI is InChI=1S/C25H20ClNO6S/c1-15-8-11-19(12-9-15)34(30,31)27-23(17-6-4-3-5-7-17)25(29)32-18-10-13-20-16(2)22(26)24(28)33-21(20)14-18/h3-14,23,27H,1-2H3/t23-/m0/s1. The molecule has 1 atom stereocenters. The number of hydrogen-bond acceptors (Lipinski definition) is 6. The Kier molecular flexibility index (Phi) is 6.56. The molecule has 0 saturated heterocycles. The fourth-order valence-electron chi connectivity index (χ4n) is 3.39. The predicted octanol–water partition coefficient (Wildman–Crippen LogP) is 4.69. The Morgan fingerprint density at radius 3 is 2.35 bits per heavy atom. The lowest BCUT2D eigenvalue weighted by molar-refractivity contribution is -0.136. The summed E-state index contributed by atoms with van der Waals surface area (Å²) in [6.07, 6.45) is 0. The number of nitrogens with one attached hydrogen (secondary N) is 1. The van der Waals surface area contributed by atoms with Crippen LogP contribution in [0.15, 0.2) is 86.9 Å². The molecule has 7 nitrogen and oxygen atoms in total. The number of benzene rings is 3. The van der Waals surface area contributed by atoms with Gasteiger partial charge in [0.15, 0.2) is 0 Å². The quantitative estimate of drug-likeness (QED) is 0.235. The van der Waals surface area contributed by atoms with E-state index in [-0.39, 0.29) is 21.3 Å². The molecule has 4 aromatic rings. The molecule has 1 aromatic heterocycles. The fraction of sp³-hybridized carbons (Fsp3) is 0.120. The number of ether oxygens (including phenoxy) is 1. The van der Waals surface area contributed by atoms with E-state index in [1.807, 2.05) is 6.92 Å². The first-order valence-electron chi connectivity index (χ1n) is 10.2. The summed E-state index contributed by atoms with van der Waals surface area (Å²) in [6.45, 7) is 3.52. The molecule has 3 aromatic carbocycles. The van der Waals surface area contributed by atoms with Gasteiger partial charge in [-0.1, -0.05) is 59.6 Å². The number of carbonyl (C=O) groups excluding carboxylic acids is 1. The average molecular weight is 498 g/mol. The zero-order valence-electron chi connectivity index (χ0n) is 18.2. The Labute approximate surface area is 201 Å². The highest BCUT2D eigenvalue weighted by atomic mass is 35.5. The van der Waals surface area contributed by atoms with Crippen molar-refractivity contribution >= 4 is 38.6 Å². The normalized spacial score (nSPS) is 12.4. The second-order valence-corrected chi connectivity index (χ2v) is 9.78. The van der Waals surface area contributed by atoms with Crippen molar-refractivity contribution in [2.45, 2.75) is 24.8 Å². The zero-order valence-corrected chi connectivity index (χ0v) is 19.8. The maximum absolute atomic E-state index is 13.1. The molecule has 0 radical (unpaired) electrons. The van der Waals surface area contributed by atoms with Crippen molar-refractivity contribution in [2.24, 2.45) is 0 Å². The van der Waals surface area contributed by atoms with Crippen LogP contribution >= 0.6 is 11.6 Å². The molecule has 0 aliphatic rings. The van der Waals surface area contributed by atoms with Gasteiger partial charge in [0.2, 0.25) is 10.0 Å². The van der Waals surface area contributed by atoms with E-state index in [2.05, 4.69) is 4.72 Å². The third kappa shape index (κ3) is 4.89. The Bertz CT molecular complexity index is 1530. The lowest BCUT2D eigenvalue weighted by Crippen LogP contribution is -2.36. The van der Waals surface area contributed by atoms with Crippen molar-refractivity contribution in [1.82, 2.24) is 4.72 Å².